The molecule has 0 aliphatic heterocycles. The molecule has 1 aromatic carbocycles. The molecular formula is C23H36O5. The van der Waals surface area contributed by atoms with E-state index in [0.29, 0.717) is 0 Å². The lowest BCUT2D eigenvalue weighted by molar-refractivity contribution is -0.165. The van der Waals surface area contributed by atoms with Gasteiger partial charge in [-0.15, -0.1) is 0 Å². The van der Waals surface area contributed by atoms with Crippen LogP contribution in [-0.2, 0) is 19.1 Å². The molecule has 1 aromatic rings. The van der Waals surface area contributed by atoms with E-state index in [1.54, 1.807) is 27.7 Å². The number of benzene rings is 1. The summed E-state index contributed by atoms with van der Waals surface area (Å²) in [5, 5.41) is 0. The van der Waals surface area contributed by atoms with Gasteiger partial charge in [0, 0.05) is 0 Å². The monoisotopic (exact) mass is 392 g/mol. The van der Waals surface area contributed by atoms with E-state index in [-0.39, 0.29) is 18.6 Å². The van der Waals surface area contributed by atoms with Crippen LogP contribution in [-0.4, -0.2) is 29.7 Å². The highest BCUT2D eigenvalue weighted by atomic mass is 16.6. The molecule has 5 heteroatoms. The smallest absolute Gasteiger partial charge is 0.309 e. The maximum atomic E-state index is 12.6. The average Bonchev–Trinajstić information content (AvgIpc) is 2.59. The molecule has 28 heavy (non-hydrogen) atoms. The third-order valence-corrected chi connectivity index (χ3v) is 4.24. The number of para-hydroxylation sites is 1. The first-order valence-corrected chi connectivity index (χ1v) is 10.3. The van der Waals surface area contributed by atoms with Gasteiger partial charge in [0.05, 0.1) is 12.3 Å². The molecule has 0 spiro atoms. The Morgan fingerprint density at radius 1 is 1.04 bits per heavy atom. The van der Waals surface area contributed by atoms with Gasteiger partial charge in [-0.3, -0.25) is 9.59 Å². The van der Waals surface area contributed by atoms with Crippen molar-refractivity contribution >= 4 is 11.9 Å². The van der Waals surface area contributed by atoms with E-state index in [4.69, 9.17) is 14.2 Å². The Kier molecular flexibility index (Phi) is 10.0. The van der Waals surface area contributed by atoms with Crippen molar-refractivity contribution in [1.82, 2.24) is 0 Å². The SMILES string of the molecule is CCCCC[C@@H](OC(=O)[C@H](C)CC(=O)OC(C)(C)C)[C@@H](C)Oc1ccccc1. The molecule has 0 aliphatic rings. The fourth-order valence-electron chi connectivity index (χ4n) is 2.76. The number of hydrogen-bond acceptors (Lipinski definition) is 5. The van der Waals surface area contributed by atoms with Crippen LogP contribution in [0.2, 0.25) is 0 Å². The van der Waals surface area contributed by atoms with Crippen LogP contribution in [0.3, 0.4) is 0 Å². The zero-order valence-corrected chi connectivity index (χ0v) is 18.2. The van der Waals surface area contributed by atoms with Crippen LogP contribution >= 0.6 is 0 Å². The van der Waals surface area contributed by atoms with E-state index in [0.717, 1.165) is 31.4 Å². The van der Waals surface area contributed by atoms with Gasteiger partial charge in [0.15, 0.2) is 0 Å². The fraction of sp³-hybridized carbons (Fsp3) is 0.652. The normalized spacial score (nSPS) is 14.6. The quantitative estimate of drug-likeness (QED) is 0.377. The maximum Gasteiger partial charge on any atom is 0.309 e. The van der Waals surface area contributed by atoms with Crippen molar-refractivity contribution in [1.29, 1.82) is 0 Å². The summed E-state index contributed by atoms with van der Waals surface area (Å²) in [6.45, 7) is 11.2. The Hall–Kier alpha value is -2.04. The number of esters is 2. The molecule has 158 valence electrons. The van der Waals surface area contributed by atoms with Crippen LogP contribution in [0.15, 0.2) is 30.3 Å². The highest BCUT2D eigenvalue weighted by Crippen LogP contribution is 2.20. The summed E-state index contributed by atoms with van der Waals surface area (Å²) in [6, 6.07) is 9.50. The Labute approximate surface area is 169 Å². The van der Waals surface area contributed by atoms with Gasteiger partial charge in [0.25, 0.3) is 0 Å². The first-order chi connectivity index (χ1) is 13.1. The van der Waals surface area contributed by atoms with Gasteiger partial charge in [-0.05, 0) is 52.7 Å². The van der Waals surface area contributed by atoms with Crippen LogP contribution < -0.4 is 4.74 Å². The molecule has 1 rings (SSSR count). The number of hydrogen-bond donors (Lipinski definition) is 0. The second kappa shape index (κ2) is 11.7. The first kappa shape index (κ1) is 24.0. The van der Waals surface area contributed by atoms with Gasteiger partial charge < -0.3 is 14.2 Å². The predicted octanol–water partition coefficient (Wildman–Crippen LogP) is 5.31. The molecule has 0 aromatic heterocycles. The first-order valence-electron chi connectivity index (χ1n) is 10.3. The molecule has 0 saturated heterocycles. The number of carbonyl (C=O) groups is 2. The van der Waals surface area contributed by atoms with E-state index in [2.05, 4.69) is 6.92 Å². The highest BCUT2D eigenvalue weighted by molar-refractivity contribution is 5.79. The zero-order chi connectivity index (χ0) is 21.2. The fourth-order valence-corrected chi connectivity index (χ4v) is 2.76. The van der Waals surface area contributed by atoms with Gasteiger partial charge >= 0.3 is 11.9 Å². The van der Waals surface area contributed by atoms with E-state index in [1.165, 1.54) is 0 Å². The summed E-state index contributed by atoms with van der Waals surface area (Å²) in [7, 11) is 0. The molecule has 0 aliphatic carbocycles. The minimum Gasteiger partial charge on any atom is -0.487 e. The standard InChI is InChI=1S/C23H36O5/c1-7-8-10-15-20(18(3)26-19-13-11-9-12-14-19)27-22(25)17(2)16-21(24)28-23(4,5)6/h9,11-14,17-18,20H,7-8,10,15-16H2,1-6H3/t17-,18-,20-/m1/s1. The Balaban J connectivity index is 2.67. The third kappa shape index (κ3) is 9.77. The summed E-state index contributed by atoms with van der Waals surface area (Å²) >= 11 is 0. The molecule has 0 radical (unpaired) electrons. The largest absolute Gasteiger partial charge is 0.487 e. The van der Waals surface area contributed by atoms with Gasteiger partial charge in [0.1, 0.15) is 23.6 Å². The van der Waals surface area contributed by atoms with Crippen LogP contribution in [0.4, 0.5) is 0 Å². The van der Waals surface area contributed by atoms with Crippen molar-refractivity contribution in [2.45, 2.75) is 91.5 Å². The molecule has 0 unspecified atom stereocenters. The molecule has 0 amide bonds. The topological polar surface area (TPSA) is 61.8 Å². The molecule has 0 heterocycles. The summed E-state index contributed by atoms with van der Waals surface area (Å²) in [5.74, 6) is -0.607. The minimum atomic E-state index is -0.568. The van der Waals surface area contributed by atoms with Crippen LogP contribution in [0, 0.1) is 5.92 Å². The lowest BCUT2D eigenvalue weighted by Gasteiger charge is -2.26. The molecule has 0 fully saturated rings. The van der Waals surface area contributed by atoms with Gasteiger partial charge in [-0.2, -0.15) is 0 Å². The van der Waals surface area contributed by atoms with Crippen molar-refractivity contribution in [3.63, 3.8) is 0 Å². The molecular weight excluding hydrogens is 356 g/mol. The Bertz CT molecular complexity index is 591. The Morgan fingerprint density at radius 2 is 1.68 bits per heavy atom. The van der Waals surface area contributed by atoms with Gasteiger partial charge in [-0.25, -0.2) is 0 Å². The zero-order valence-electron chi connectivity index (χ0n) is 18.2. The number of carbonyl (C=O) groups excluding carboxylic acids is 2. The third-order valence-electron chi connectivity index (χ3n) is 4.24. The van der Waals surface area contributed by atoms with E-state index >= 15 is 0 Å². The summed E-state index contributed by atoms with van der Waals surface area (Å²) in [4.78, 5) is 24.5. The van der Waals surface area contributed by atoms with Crippen LogP contribution in [0.25, 0.3) is 0 Å². The van der Waals surface area contributed by atoms with Crippen LogP contribution in [0.1, 0.15) is 73.6 Å². The summed E-state index contributed by atoms with van der Waals surface area (Å²) in [6.07, 6.45) is 3.20. The van der Waals surface area contributed by atoms with Crippen molar-refractivity contribution in [2.75, 3.05) is 0 Å². The van der Waals surface area contributed by atoms with Crippen LogP contribution in [0.5, 0.6) is 5.75 Å². The average molecular weight is 393 g/mol. The lowest BCUT2D eigenvalue weighted by Crippen LogP contribution is -2.36. The van der Waals surface area contributed by atoms with Crippen molar-refractivity contribution in [2.24, 2.45) is 5.92 Å². The van der Waals surface area contributed by atoms with Crippen molar-refractivity contribution in [3.8, 4) is 5.75 Å². The molecule has 0 saturated carbocycles. The van der Waals surface area contributed by atoms with Gasteiger partial charge in [-0.1, -0.05) is 44.9 Å². The summed E-state index contributed by atoms with van der Waals surface area (Å²) < 4.78 is 17.0. The summed E-state index contributed by atoms with van der Waals surface area (Å²) in [5.41, 5.74) is -0.568. The van der Waals surface area contributed by atoms with E-state index < -0.39 is 23.5 Å². The Morgan fingerprint density at radius 3 is 2.25 bits per heavy atom. The maximum absolute atomic E-state index is 12.6. The van der Waals surface area contributed by atoms with E-state index in [9.17, 15) is 9.59 Å². The minimum absolute atomic E-state index is 0.00566. The second-order valence-electron chi connectivity index (χ2n) is 8.30. The number of unbranched alkanes of at least 4 members (excludes halogenated alkanes) is 2. The number of ether oxygens (including phenoxy) is 3. The highest BCUT2D eigenvalue weighted by Gasteiger charge is 2.28. The van der Waals surface area contributed by atoms with E-state index in [1.807, 2.05) is 37.3 Å². The van der Waals surface area contributed by atoms with Crippen molar-refractivity contribution in [3.05, 3.63) is 30.3 Å². The lowest BCUT2D eigenvalue weighted by atomic mass is 10.0. The van der Waals surface area contributed by atoms with Gasteiger partial charge in [0.2, 0.25) is 0 Å². The molecule has 0 bridgehead atoms. The predicted molar refractivity (Wildman–Crippen MR) is 110 cm³/mol. The molecule has 3 atom stereocenters. The molecule has 0 N–H and O–H groups in total. The second-order valence-corrected chi connectivity index (χ2v) is 8.30. The van der Waals surface area contributed by atoms with Crippen molar-refractivity contribution < 1.29 is 23.8 Å². The number of rotatable bonds is 11. The molecule has 5 nitrogen and oxygen atoms in total.